The monoisotopic (exact) mass is 397 g/mol. The zero-order valence-electron chi connectivity index (χ0n) is 16.7. The van der Waals surface area contributed by atoms with Crippen LogP contribution in [0.15, 0.2) is 36.5 Å². The first-order valence-electron chi connectivity index (χ1n) is 10.2. The fourth-order valence-corrected chi connectivity index (χ4v) is 3.65. The molecule has 154 valence electrons. The Hall–Kier alpha value is -2.96. The van der Waals surface area contributed by atoms with E-state index in [0.29, 0.717) is 32.2 Å². The number of rotatable bonds is 6. The molecule has 1 fully saturated rings. The number of ether oxygens (including phenoxy) is 3. The number of fused-ring (bicyclic) bond motifs is 1. The number of pyridine rings is 1. The minimum Gasteiger partial charge on any atom is -0.486 e. The van der Waals surface area contributed by atoms with Crippen LogP contribution in [0.1, 0.15) is 36.8 Å². The summed E-state index contributed by atoms with van der Waals surface area (Å²) in [6.45, 7) is 2.02. The van der Waals surface area contributed by atoms with E-state index in [1.165, 1.54) is 12.8 Å². The largest absolute Gasteiger partial charge is 0.486 e. The van der Waals surface area contributed by atoms with E-state index in [-0.39, 0.29) is 12.1 Å². The first-order valence-corrected chi connectivity index (χ1v) is 10.2. The molecule has 29 heavy (non-hydrogen) atoms. The fraction of sp³-hybridized carbons (Fsp3) is 0.455. The van der Waals surface area contributed by atoms with Crippen LogP contribution < -0.4 is 19.5 Å². The van der Waals surface area contributed by atoms with E-state index < -0.39 is 0 Å². The van der Waals surface area contributed by atoms with Gasteiger partial charge in [-0.1, -0.05) is 6.07 Å². The molecular weight excluding hydrogens is 370 g/mol. The molecule has 4 rings (SSSR count). The third-order valence-electron chi connectivity index (χ3n) is 5.21. The topological polar surface area (TPSA) is 72.9 Å². The van der Waals surface area contributed by atoms with Crippen molar-refractivity contribution >= 4 is 6.03 Å². The van der Waals surface area contributed by atoms with Gasteiger partial charge in [0.15, 0.2) is 11.5 Å². The lowest BCUT2D eigenvalue weighted by molar-refractivity contribution is 0.171. The number of urea groups is 1. The molecule has 0 saturated heterocycles. The summed E-state index contributed by atoms with van der Waals surface area (Å²) >= 11 is 0. The van der Waals surface area contributed by atoms with Crippen LogP contribution in [0, 0.1) is 0 Å². The van der Waals surface area contributed by atoms with Crippen molar-refractivity contribution in [2.75, 3.05) is 20.3 Å². The number of amides is 2. The normalized spacial score (nSPS) is 15.8. The van der Waals surface area contributed by atoms with Crippen LogP contribution in [0.3, 0.4) is 0 Å². The van der Waals surface area contributed by atoms with Gasteiger partial charge < -0.3 is 24.4 Å². The molecule has 1 saturated carbocycles. The van der Waals surface area contributed by atoms with Gasteiger partial charge >= 0.3 is 6.03 Å². The second kappa shape index (κ2) is 9.03. The molecule has 2 aromatic rings. The predicted octanol–water partition coefficient (Wildman–Crippen LogP) is 3.52. The lowest BCUT2D eigenvalue weighted by atomic mass is 10.2. The van der Waals surface area contributed by atoms with Gasteiger partial charge in [0.1, 0.15) is 19.3 Å². The highest BCUT2D eigenvalue weighted by molar-refractivity contribution is 5.73. The minimum absolute atomic E-state index is 0.144. The zero-order valence-corrected chi connectivity index (χ0v) is 16.7. The van der Waals surface area contributed by atoms with Crippen molar-refractivity contribution in [3.05, 3.63) is 47.7 Å². The van der Waals surface area contributed by atoms with Crippen molar-refractivity contribution in [3.8, 4) is 17.4 Å². The van der Waals surface area contributed by atoms with Crippen LogP contribution in [-0.4, -0.2) is 42.3 Å². The Kier molecular flexibility index (Phi) is 6.03. The van der Waals surface area contributed by atoms with Gasteiger partial charge in [0.05, 0.1) is 0 Å². The quantitative estimate of drug-likeness (QED) is 0.807. The molecule has 1 N–H and O–H groups in total. The summed E-state index contributed by atoms with van der Waals surface area (Å²) in [7, 11) is 1.77. The Morgan fingerprint density at radius 3 is 2.76 bits per heavy atom. The molecule has 1 aliphatic carbocycles. The van der Waals surface area contributed by atoms with Crippen LogP contribution in [-0.2, 0) is 13.1 Å². The molecular formula is C22H27N3O4. The zero-order chi connectivity index (χ0) is 20.1. The Labute approximate surface area is 171 Å². The molecule has 2 heterocycles. The lowest BCUT2D eigenvalue weighted by Crippen LogP contribution is -2.36. The van der Waals surface area contributed by atoms with Crippen LogP contribution in [0.5, 0.6) is 17.4 Å². The molecule has 0 radical (unpaired) electrons. The van der Waals surface area contributed by atoms with Gasteiger partial charge in [-0.15, -0.1) is 0 Å². The van der Waals surface area contributed by atoms with Crippen LogP contribution >= 0.6 is 0 Å². The summed E-state index contributed by atoms with van der Waals surface area (Å²) in [4.78, 5) is 18.4. The van der Waals surface area contributed by atoms with E-state index in [4.69, 9.17) is 14.2 Å². The van der Waals surface area contributed by atoms with Gasteiger partial charge in [0.2, 0.25) is 5.88 Å². The summed E-state index contributed by atoms with van der Waals surface area (Å²) in [5.41, 5.74) is 1.96. The summed E-state index contributed by atoms with van der Waals surface area (Å²) in [5.74, 6) is 2.11. The Bertz CT molecular complexity index is 852. The average molecular weight is 397 g/mol. The smallest absolute Gasteiger partial charge is 0.317 e. The molecule has 1 aromatic carbocycles. The first kappa shape index (κ1) is 19.4. The molecule has 0 atom stereocenters. The number of hydrogen-bond acceptors (Lipinski definition) is 5. The molecule has 1 aliphatic heterocycles. The highest BCUT2D eigenvalue weighted by atomic mass is 16.6. The van der Waals surface area contributed by atoms with Gasteiger partial charge in [-0.2, -0.15) is 0 Å². The van der Waals surface area contributed by atoms with Gasteiger partial charge in [-0.25, -0.2) is 9.78 Å². The SMILES string of the molecule is CN(Cc1ccc2c(c1)OCCO2)C(=O)NCc1ccnc(OC2CCCC2)c1. The lowest BCUT2D eigenvalue weighted by Gasteiger charge is -2.21. The first-order chi connectivity index (χ1) is 14.2. The number of benzene rings is 1. The molecule has 7 heteroatoms. The predicted molar refractivity (Wildman–Crippen MR) is 108 cm³/mol. The molecule has 7 nitrogen and oxygen atoms in total. The Morgan fingerprint density at radius 2 is 1.93 bits per heavy atom. The number of nitrogens with zero attached hydrogens (tertiary/aromatic N) is 2. The molecule has 2 aliphatic rings. The van der Waals surface area contributed by atoms with Crippen molar-refractivity contribution in [2.45, 2.75) is 44.9 Å². The van der Waals surface area contributed by atoms with Crippen molar-refractivity contribution in [1.82, 2.24) is 15.2 Å². The van der Waals surface area contributed by atoms with E-state index in [1.54, 1.807) is 18.1 Å². The second-order valence-electron chi connectivity index (χ2n) is 7.52. The molecule has 0 bridgehead atoms. The van der Waals surface area contributed by atoms with Gasteiger partial charge in [-0.3, -0.25) is 0 Å². The van der Waals surface area contributed by atoms with Crippen molar-refractivity contribution < 1.29 is 19.0 Å². The maximum atomic E-state index is 12.5. The van der Waals surface area contributed by atoms with Crippen molar-refractivity contribution in [3.63, 3.8) is 0 Å². The maximum Gasteiger partial charge on any atom is 0.317 e. The van der Waals surface area contributed by atoms with Crippen LogP contribution in [0.25, 0.3) is 0 Å². The number of aromatic nitrogens is 1. The number of nitrogens with one attached hydrogen (secondary N) is 1. The molecule has 0 unspecified atom stereocenters. The maximum absolute atomic E-state index is 12.5. The van der Waals surface area contributed by atoms with Gasteiger partial charge in [-0.05, 0) is 55.0 Å². The standard InChI is InChI=1S/C22H27N3O4/c1-25(15-17-6-7-19-20(12-17)28-11-10-27-19)22(26)24-14-16-8-9-23-21(13-16)29-18-4-2-3-5-18/h6-9,12-13,18H,2-5,10-11,14-15H2,1H3,(H,24,26). The number of hydrogen-bond donors (Lipinski definition) is 1. The van der Waals surface area contributed by atoms with E-state index in [0.717, 1.165) is 35.5 Å². The summed E-state index contributed by atoms with van der Waals surface area (Å²) in [6, 6.07) is 9.41. The molecule has 2 amide bonds. The average Bonchev–Trinajstić information content (AvgIpc) is 3.25. The highest BCUT2D eigenvalue weighted by Crippen LogP contribution is 2.31. The molecule has 0 spiro atoms. The fourth-order valence-electron chi connectivity index (χ4n) is 3.65. The van der Waals surface area contributed by atoms with Crippen molar-refractivity contribution in [2.24, 2.45) is 0 Å². The van der Waals surface area contributed by atoms with E-state index in [9.17, 15) is 4.79 Å². The van der Waals surface area contributed by atoms with E-state index in [1.807, 2.05) is 30.3 Å². The second-order valence-corrected chi connectivity index (χ2v) is 7.52. The van der Waals surface area contributed by atoms with Gasteiger partial charge in [0, 0.05) is 32.4 Å². The number of carbonyl (C=O) groups is 1. The summed E-state index contributed by atoms with van der Waals surface area (Å²) in [5, 5.41) is 2.95. The summed E-state index contributed by atoms with van der Waals surface area (Å²) in [6.07, 6.45) is 6.61. The van der Waals surface area contributed by atoms with Gasteiger partial charge in [0.25, 0.3) is 0 Å². The molecule has 1 aromatic heterocycles. The van der Waals surface area contributed by atoms with Crippen LogP contribution in [0.2, 0.25) is 0 Å². The Balaban J connectivity index is 1.29. The third-order valence-corrected chi connectivity index (χ3v) is 5.21. The van der Waals surface area contributed by atoms with E-state index >= 15 is 0 Å². The minimum atomic E-state index is -0.144. The van der Waals surface area contributed by atoms with Crippen molar-refractivity contribution in [1.29, 1.82) is 0 Å². The Morgan fingerprint density at radius 1 is 1.14 bits per heavy atom. The third kappa shape index (κ3) is 5.10. The van der Waals surface area contributed by atoms with E-state index in [2.05, 4.69) is 10.3 Å². The van der Waals surface area contributed by atoms with Crippen LogP contribution in [0.4, 0.5) is 4.79 Å². The summed E-state index contributed by atoms with van der Waals surface area (Å²) < 4.78 is 17.1. The highest BCUT2D eigenvalue weighted by Gasteiger charge is 2.17. The number of carbonyl (C=O) groups excluding carboxylic acids is 1.